The fourth-order valence-corrected chi connectivity index (χ4v) is 2.90. The first-order valence-electron chi connectivity index (χ1n) is 8.49. The largest absolute Gasteiger partial charge is 0.488 e. The Morgan fingerprint density at radius 3 is 2.61 bits per heavy atom. The first-order valence-corrected chi connectivity index (χ1v) is 8.49. The highest BCUT2D eigenvalue weighted by Gasteiger charge is 2.25. The van der Waals surface area contributed by atoms with Gasteiger partial charge in [0.15, 0.2) is 5.75 Å². The van der Waals surface area contributed by atoms with Crippen LogP contribution in [0.3, 0.4) is 0 Å². The molecule has 0 aliphatic heterocycles. The lowest BCUT2D eigenvalue weighted by atomic mass is 10.1. The van der Waals surface area contributed by atoms with Crippen molar-refractivity contribution in [2.24, 2.45) is 0 Å². The standard InChI is InChI=1S/C21H18N2O5/c1-13-5-4-6-15-7-10-17(22-19(13)15)11-8-16-9-12-18(28-14(2)24)21(27-3)20(16)23(25)26/h4-12H,1-3H3/b11-8+. The Hall–Kier alpha value is -3.74. The smallest absolute Gasteiger partial charge is 0.322 e. The molecule has 7 nitrogen and oxygen atoms in total. The van der Waals surface area contributed by atoms with Gasteiger partial charge in [-0.1, -0.05) is 24.3 Å². The lowest BCUT2D eigenvalue weighted by Gasteiger charge is -2.10. The number of nitro benzene ring substituents is 1. The molecule has 142 valence electrons. The maximum atomic E-state index is 11.6. The zero-order valence-electron chi connectivity index (χ0n) is 15.6. The SMILES string of the molecule is COc1c(OC(C)=O)ccc(/C=C/c2ccc3cccc(C)c3n2)c1[N+](=O)[O-]. The summed E-state index contributed by atoms with van der Waals surface area (Å²) in [6.07, 6.45) is 3.28. The first kappa shape index (κ1) is 19.0. The summed E-state index contributed by atoms with van der Waals surface area (Å²) in [6, 6.07) is 12.7. The van der Waals surface area contributed by atoms with Crippen molar-refractivity contribution in [1.29, 1.82) is 0 Å². The van der Waals surface area contributed by atoms with Gasteiger partial charge in [-0.3, -0.25) is 14.9 Å². The molecule has 0 saturated heterocycles. The molecule has 3 rings (SSSR count). The zero-order chi connectivity index (χ0) is 20.3. The van der Waals surface area contributed by atoms with Gasteiger partial charge < -0.3 is 9.47 Å². The molecule has 0 amide bonds. The lowest BCUT2D eigenvalue weighted by Crippen LogP contribution is -2.05. The fraction of sp³-hybridized carbons (Fsp3) is 0.143. The predicted molar refractivity (Wildman–Crippen MR) is 106 cm³/mol. The number of rotatable bonds is 5. The van der Waals surface area contributed by atoms with Gasteiger partial charge in [-0.15, -0.1) is 0 Å². The molecule has 0 fully saturated rings. The van der Waals surface area contributed by atoms with E-state index in [1.165, 1.54) is 26.2 Å². The minimum atomic E-state index is -0.591. The van der Waals surface area contributed by atoms with E-state index >= 15 is 0 Å². The van der Waals surface area contributed by atoms with Gasteiger partial charge in [0.25, 0.3) is 0 Å². The van der Waals surface area contributed by atoms with Crippen LogP contribution in [0.5, 0.6) is 11.5 Å². The molecule has 0 aliphatic carbocycles. The third kappa shape index (κ3) is 3.83. The molecule has 1 heterocycles. The molecule has 0 saturated carbocycles. The number of nitro groups is 1. The van der Waals surface area contributed by atoms with Crippen LogP contribution in [0.25, 0.3) is 23.1 Å². The van der Waals surface area contributed by atoms with Crippen LogP contribution in [0.15, 0.2) is 42.5 Å². The van der Waals surface area contributed by atoms with E-state index in [0.717, 1.165) is 16.5 Å². The molecule has 1 aromatic heterocycles. The monoisotopic (exact) mass is 378 g/mol. The Morgan fingerprint density at radius 2 is 1.93 bits per heavy atom. The van der Waals surface area contributed by atoms with Crippen molar-refractivity contribution in [2.45, 2.75) is 13.8 Å². The number of ether oxygens (including phenoxy) is 2. The molecule has 2 aromatic carbocycles. The minimum Gasteiger partial charge on any atom is -0.488 e. The lowest BCUT2D eigenvalue weighted by molar-refractivity contribution is -0.386. The van der Waals surface area contributed by atoms with E-state index in [0.29, 0.717) is 11.3 Å². The maximum Gasteiger partial charge on any atom is 0.322 e. The molecule has 28 heavy (non-hydrogen) atoms. The quantitative estimate of drug-likeness (QED) is 0.280. The van der Waals surface area contributed by atoms with E-state index < -0.39 is 10.9 Å². The summed E-state index contributed by atoms with van der Waals surface area (Å²) in [6.45, 7) is 3.19. The number of hydrogen-bond acceptors (Lipinski definition) is 6. The molecule has 0 N–H and O–H groups in total. The van der Waals surface area contributed by atoms with Gasteiger partial charge in [0.05, 0.1) is 28.8 Å². The Balaban J connectivity index is 2.05. The van der Waals surface area contributed by atoms with Crippen molar-refractivity contribution in [3.63, 3.8) is 0 Å². The topological polar surface area (TPSA) is 91.6 Å². The average molecular weight is 378 g/mol. The van der Waals surface area contributed by atoms with Gasteiger partial charge in [0.2, 0.25) is 5.75 Å². The molecular weight excluding hydrogens is 360 g/mol. The number of carbonyl (C=O) groups is 1. The molecule has 0 unspecified atom stereocenters. The Kier molecular flexibility index (Phi) is 5.35. The zero-order valence-corrected chi connectivity index (χ0v) is 15.6. The molecule has 3 aromatic rings. The number of nitrogens with zero attached hydrogens (tertiary/aromatic N) is 2. The summed E-state index contributed by atoms with van der Waals surface area (Å²) in [5.41, 5.74) is 2.62. The Bertz CT molecular complexity index is 1110. The number of benzene rings is 2. The van der Waals surface area contributed by atoms with E-state index in [4.69, 9.17) is 9.47 Å². The normalized spacial score (nSPS) is 11.0. The second-order valence-corrected chi connectivity index (χ2v) is 6.10. The summed E-state index contributed by atoms with van der Waals surface area (Å²) in [4.78, 5) is 26.9. The first-order chi connectivity index (χ1) is 13.4. The second-order valence-electron chi connectivity index (χ2n) is 6.10. The maximum absolute atomic E-state index is 11.6. The fourth-order valence-electron chi connectivity index (χ4n) is 2.90. The van der Waals surface area contributed by atoms with Crippen LogP contribution in [0.4, 0.5) is 5.69 Å². The molecule has 0 bridgehead atoms. The predicted octanol–water partition coefficient (Wildman–Crippen LogP) is 4.56. The van der Waals surface area contributed by atoms with Crippen LogP contribution in [0, 0.1) is 17.0 Å². The number of pyridine rings is 1. The minimum absolute atomic E-state index is 0.00157. The number of hydrogen-bond donors (Lipinski definition) is 0. The molecule has 0 aliphatic rings. The van der Waals surface area contributed by atoms with Gasteiger partial charge in [0, 0.05) is 12.3 Å². The van der Waals surface area contributed by atoms with Crippen LogP contribution < -0.4 is 9.47 Å². The van der Waals surface area contributed by atoms with Crippen molar-refractivity contribution in [2.75, 3.05) is 7.11 Å². The van der Waals surface area contributed by atoms with Crippen molar-refractivity contribution in [3.8, 4) is 11.5 Å². The van der Waals surface area contributed by atoms with Crippen LogP contribution in [0.2, 0.25) is 0 Å². The van der Waals surface area contributed by atoms with Crippen molar-refractivity contribution >= 4 is 34.7 Å². The summed E-state index contributed by atoms with van der Waals surface area (Å²) in [5.74, 6) is -0.699. The molecule has 0 spiro atoms. The third-order valence-corrected chi connectivity index (χ3v) is 4.14. The summed E-state index contributed by atoms with van der Waals surface area (Å²) < 4.78 is 10.1. The van der Waals surface area contributed by atoms with Gasteiger partial charge >= 0.3 is 11.7 Å². The number of aryl methyl sites for hydroxylation is 1. The number of fused-ring (bicyclic) bond motifs is 1. The van der Waals surface area contributed by atoms with Crippen LogP contribution in [-0.2, 0) is 4.79 Å². The molecule has 0 atom stereocenters. The average Bonchev–Trinajstić information content (AvgIpc) is 2.66. The van der Waals surface area contributed by atoms with Gasteiger partial charge in [-0.05, 0) is 42.8 Å². The Morgan fingerprint density at radius 1 is 1.14 bits per heavy atom. The summed E-state index contributed by atoms with van der Waals surface area (Å²) >= 11 is 0. The van der Waals surface area contributed by atoms with E-state index in [9.17, 15) is 14.9 Å². The highest BCUT2D eigenvalue weighted by Crippen LogP contribution is 2.40. The number of aromatic nitrogens is 1. The van der Waals surface area contributed by atoms with Gasteiger partial charge in [0.1, 0.15) is 0 Å². The molecule has 0 radical (unpaired) electrons. The van der Waals surface area contributed by atoms with Crippen molar-refractivity contribution in [3.05, 3.63) is 69.4 Å². The van der Waals surface area contributed by atoms with Gasteiger partial charge in [-0.2, -0.15) is 0 Å². The number of para-hydroxylation sites is 1. The third-order valence-electron chi connectivity index (χ3n) is 4.14. The van der Waals surface area contributed by atoms with E-state index in [2.05, 4.69) is 4.98 Å². The van der Waals surface area contributed by atoms with Crippen LogP contribution in [0.1, 0.15) is 23.7 Å². The van der Waals surface area contributed by atoms with Crippen molar-refractivity contribution < 1.29 is 19.2 Å². The highest BCUT2D eigenvalue weighted by atomic mass is 16.6. The van der Waals surface area contributed by atoms with Gasteiger partial charge in [-0.25, -0.2) is 4.98 Å². The number of esters is 1. The number of methoxy groups -OCH3 is 1. The molecule has 7 heteroatoms. The van der Waals surface area contributed by atoms with Crippen LogP contribution in [-0.4, -0.2) is 23.0 Å². The van der Waals surface area contributed by atoms with E-state index in [-0.39, 0.29) is 17.2 Å². The summed E-state index contributed by atoms with van der Waals surface area (Å²) in [5, 5.41) is 12.6. The Labute approximate surface area is 161 Å². The second kappa shape index (κ2) is 7.87. The van der Waals surface area contributed by atoms with Crippen molar-refractivity contribution in [1.82, 2.24) is 4.98 Å². The van der Waals surface area contributed by atoms with Crippen LogP contribution >= 0.6 is 0 Å². The van der Waals surface area contributed by atoms with E-state index in [1.807, 2.05) is 37.3 Å². The number of carbonyl (C=O) groups excluding carboxylic acids is 1. The summed E-state index contributed by atoms with van der Waals surface area (Å²) in [7, 11) is 1.29. The highest BCUT2D eigenvalue weighted by molar-refractivity contribution is 5.84. The van der Waals surface area contributed by atoms with E-state index in [1.54, 1.807) is 12.2 Å². The molecular formula is C21H18N2O5.